The van der Waals surface area contributed by atoms with E-state index in [0.29, 0.717) is 28.1 Å². The first kappa shape index (κ1) is 20.6. The summed E-state index contributed by atoms with van der Waals surface area (Å²) in [4.78, 5) is 33.9. The van der Waals surface area contributed by atoms with Gasteiger partial charge < -0.3 is 15.0 Å². The lowest BCUT2D eigenvalue weighted by atomic mass is 10.1. The first-order valence-electron chi connectivity index (χ1n) is 8.79. The van der Waals surface area contributed by atoms with Crippen molar-refractivity contribution in [2.45, 2.75) is 39.5 Å². The molecule has 7 nitrogen and oxygen atoms in total. The number of carbonyl (C=O) groups excluding carboxylic acids is 2. The topological polar surface area (TPSA) is 84.4 Å². The van der Waals surface area contributed by atoms with Gasteiger partial charge in [-0.25, -0.2) is 9.97 Å². The summed E-state index contributed by atoms with van der Waals surface area (Å²) in [6.07, 6.45) is -1.61. The normalized spacial score (nSPS) is 16.0. The second-order valence-corrected chi connectivity index (χ2v) is 6.78. The number of nitrogens with one attached hydrogen (secondary N) is 1. The van der Waals surface area contributed by atoms with Crippen molar-refractivity contribution in [2.75, 3.05) is 11.9 Å². The van der Waals surface area contributed by atoms with Gasteiger partial charge in [-0.1, -0.05) is 0 Å². The number of anilines is 1. The number of alkyl halides is 3. The number of nitrogens with zero attached hydrogens (tertiary/aromatic N) is 3. The smallest absolute Gasteiger partial charge is 0.422 e. The van der Waals surface area contributed by atoms with E-state index in [1.54, 1.807) is 24.0 Å². The molecular weight excluding hydrogens is 389 g/mol. The number of hydrogen-bond acceptors (Lipinski definition) is 5. The maximum atomic E-state index is 12.8. The van der Waals surface area contributed by atoms with E-state index in [9.17, 15) is 22.8 Å². The molecule has 3 rings (SSSR count). The molecule has 2 aromatic rings. The molecular formula is C19H19F3N4O3. The summed E-state index contributed by atoms with van der Waals surface area (Å²) in [5.74, 6) is -0.286. The number of fused-ring (bicyclic) bond motifs is 1. The molecule has 0 radical (unpaired) electrons. The first-order valence-corrected chi connectivity index (χ1v) is 8.79. The van der Waals surface area contributed by atoms with E-state index >= 15 is 0 Å². The van der Waals surface area contributed by atoms with Crippen LogP contribution in [0.1, 0.15) is 46.9 Å². The van der Waals surface area contributed by atoms with Crippen LogP contribution in [0.25, 0.3) is 0 Å². The molecule has 29 heavy (non-hydrogen) atoms. The van der Waals surface area contributed by atoms with E-state index in [1.165, 1.54) is 19.3 Å². The van der Waals surface area contributed by atoms with Crippen LogP contribution in [0.3, 0.4) is 0 Å². The number of pyridine rings is 2. The lowest BCUT2D eigenvalue weighted by Gasteiger charge is -2.23. The summed E-state index contributed by atoms with van der Waals surface area (Å²) >= 11 is 0. The molecule has 0 saturated heterocycles. The summed E-state index contributed by atoms with van der Waals surface area (Å²) in [6, 6.07) is 2.88. The van der Waals surface area contributed by atoms with Crippen molar-refractivity contribution in [1.82, 2.24) is 14.9 Å². The van der Waals surface area contributed by atoms with Gasteiger partial charge in [-0.05, 0) is 31.5 Å². The molecule has 10 heteroatoms. The minimum atomic E-state index is -4.45. The van der Waals surface area contributed by atoms with Gasteiger partial charge in [0.25, 0.3) is 5.91 Å². The molecule has 0 spiro atoms. The molecule has 0 bridgehead atoms. The van der Waals surface area contributed by atoms with Crippen molar-refractivity contribution in [2.24, 2.45) is 0 Å². The van der Waals surface area contributed by atoms with Crippen LogP contribution in [0.15, 0.2) is 24.5 Å². The van der Waals surface area contributed by atoms with Gasteiger partial charge in [-0.15, -0.1) is 0 Å². The van der Waals surface area contributed by atoms with Gasteiger partial charge in [0, 0.05) is 37.0 Å². The Labute approximate surface area is 164 Å². The lowest BCUT2D eigenvalue weighted by molar-refractivity contribution is -0.154. The average Bonchev–Trinajstić information content (AvgIpc) is 2.85. The minimum absolute atomic E-state index is 0.104. The number of rotatable bonds is 5. The predicted molar refractivity (Wildman–Crippen MR) is 97.4 cm³/mol. The third-order valence-electron chi connectivity index (χ3n) is 4.47. The zero-order valence-corrected chi connectivity index (χ0v) is 16.0. The van der Waals surface area contributed by atoms with Crippen molar-refractivity contribution >= 4 is 17.6 Å². The number of aryl methyl sites for hydroxylation is 1. The first-order chi connectivity index (χ1) is 13.6. The molecule has 154 valence electrons. The molecule has 1 unspecified atom stereocenters. The highest BCUT2D eigenvalue weighted by molar-refractivity contribution is 6.01. The molecule has 0 saturated carbocycles. The number of amides is 2. The number of ether oxygens (including phenoxy) is 1. The molecule has 1 N–H and O–H groups in total. The van der Waals surface area contributed by atoms with E-state index in [0.717, 1.165) is 0 Å². The fourth-order valence-electron chi connectivity index (χ4n) is 3.25. The molecule has 1 aliphatic heterocycles. The SMILES string of the molecule is CC(=O)Nc1nccc2c1C(C)N(Cc1cnc(OCC(F)(F)F)c(C)c1)C2=O. The summed E-state index contributed by atoms with van der Waals surface area (Å²) < 4.78 is 41.7. The molecule has 1 atom stereocenters. The van der Waals surface area contributed by atoms with E-state index < -0.39 is 12.8 Å². The summed E-state index contributed by atoms with van der Waals surface area (Å²) in [5, 5.41) is 2.63. The van der Waals surface area contributed by atoms with Gasteiger partial charge in [-0.2, -0.15) is 13.2 Å². The van der Waals surface area contributed by atoms with Gasteiger partial charge >= 0.3 is 6.18 Å². The van der Waals surface area contributed by atoms with Crippen molar-refractivity contribution in [1.29, 1.82) is 0 Å². The Bertz CT molecular complexity index is 962. The molecule has 1 aliphatic rings. The molecule has 0 aromatic carbocycles. The fraction of sp³-hybridized carbons (Fsp3) is 0.368. The van der Waals surface area contributed by atoms with Gasteiger partial charge in [0.2, 0.25) is 11.8 Å². The second-order valence-electron chi connectivity index (χ2n) is 6.78. The highest BCUT2D eigenvalue weighted by atomic mass is 19.4. The van der Waals surface area contributed by atoms with Crippen molar-refractivity contribution in [3.63, 3.8) is 0 Å². The summed E-state index contributed by atoms with van der Waals surface area (Å²) in [5.41, 5.74) is 2.15. The Kier molecular flexibility index (Phi) is 5.45. The number of hydrogen-bond donors (Lipinski definition) is 1. The van der Waals surface area contributed by atoms with Crippen LogP contribution in [-0.4, -0.2) is 39.5 Å². The molecule has 0 fully saturated rings. The lowest BCUT2D eigenvalue weighted by Crippen LogP contribution is -2.26. The van der Waals surface area contributed by atoms with Crippen molar-refractivity contribution in [3.05, 3.63) is 46.8 Å². The number of carbonyl (C=O) groups is 2. The summed E-state index contributed by atoms with van der Waals surface area (Å²) in [7, 11) is 0. The Balaban J connectivity index is 1.79. The van der Waals surface area contributed by atoms with E-state index in [4.69, 9.17) is 4.74 Å². The van der Waals surface area contributed by atoms with Crippen LogP contribution in [0.4, 0.5) is 19.0 Å². The van der Waals surface area contributed by atoms with Crippen LogP contribution in [0, 0.1) is 6.92 Å². The van der Waals surface area contributed by atoms with Crippen LogP contribution in [0.2, 0.25) is 0 Å². The Hall–Kier alpha value is -3.17. The summed E-state index contributed by atoms with van der Waals surface area (Å²) in [6.45, 7) is 3.54. The number of aromatic nitrogens is 2. The van der Waals surface area contributed by atoms with E-state index in [-0.39, 0.29) is 30.3 Å². The highest BCUT2D eigenvalue weighted by Crippen LogP contribution is 2.38. The molecule has 0 aliphatic carbocycles. The Morgan fingerprint density at radius 1 is 1.34 bits per heavy atom. The minimum Gasteiger partial charge on any atom is -0.468 e. The predicted octanol–water partition coefficient (Wildman–Crippen LogP) is 3.40. The monoisotopic (exact) mass is 408 g/mol. The Morgan fingerprint density at radius 2 is 2.07 bits per heavy atom. The zero-order valence-electron chi connectivity index (χ0n) is 16.0. The van der Waals surface area contributed by atoms with E-state index in [2.05, 4.69) is 15.3 Å². The van der Waals surface area contributed by atoms with Crippen LogP contribution in [-0.2, 0) is 11.3 Å². The van der Waals surface area contributed by atoms with Crippen LogP contribution >= 0.6 is 0 Å². The molecule has 2 aromatic heterocycles. The van der Waals surface area contributed by atoms with Crippen LogP contribution in [0.5, 0.6) is 5.88 Å². The zero-order chi connectivity index (χ0) is 21.3. The maximum Gasteiger partial charge on any atom is 0.422 e. The fourth-order valence-corrected chi connectivity index (χ4v) is 3.25. The van der Waals surface area contributed by atoms with Crippen molar-refractivity contribution in [3.8, 4) is 5.88 Å². The highest BCUT2D eigenvalue weighted by Gasteiger charge is 2.36. The number of halogens is 3. The third kappa shape index (κ3) is 4.47. The van der Waals surface area contributed by atoms with Gasteiger partial charge in [0.15, 0.2) is 6.61 Å². The molecule has 3 heterocycles. The molecule has 2 amide bonds. The van der Waals surface area contributed by atoms with Gasteiger partial charge in [0.05, 0.1) is 11.6 Å². The second kappa shape index (κ2) is 7.69. The van der Waals surface area contributed by atoms with Crippen molar-refractivity contribution < 1.29 is 27.5 Å². The average molecular weight is 408 g/mol. The largest absolute Gasteiger partial charge is 0.468 e. The Morgan fingerprint density at radius 3 is 2.69 bits per heavy atom. The van der Waals surface area contributed by atoms with Gasteiger partial charge in [-0.3, -0.25) is 9.59 Å². The van der Waals surface area contributed by atoms with Gasteiger partial charge in [0.1, 0.15) is 5.82 Å². The van der Waals surface area contributed by atoms with Crippen LogP contribution < -0.4 is 10.1 Å². The third-order valence-corrected chi connectivity index (χ3v) is 4.47. The maximum absolute atomic E-state index is 12.8. The van der Waals surface area contributed by atoms with E-state index in [1.807, 2.05) is 6.92 Å². The standard InChI is InChI=1S/C19H19F3N4O3/c1-10-6-13(7-24-17(10)29-9-19(20,21)22)8-26-11(2)15-14(18(26)28)4-5-23-16(15)25-12(3)27/h4-7,11H,8-9H2,1-3H3,(H,23,25,27). The quantitative estimate of drug-likeness (QED) is 0.820.